The molecule has 2 rings (SSSR count). The molecule has 0 aliphatic carbocycles. The Bertz CT molecular complexity index is 614. The lowest BCUT2D eigenvalue weighted by molar-refractivity contribution is 0.0496. The molecule has 0 atom stereocenters. The minimum absolute atomic E-state index is 0.282. The van der Waals surface area contributed by atoms with Crippen molar-refractivity contribution >= 4 is 11.7 Å². The number of aryl methyl sites for hydroxylation is 3. The first kappa shape index (κ1) is 14.1. The Morgan fingerprint density at radius 3 is 2.70 bits per heavy atom. The van der Waals surface area contributed by atoms with E-state index in [1.54, 1.807) is 17.9 Å². The Morgan fingerprint density at radius 1 is 1.40 bits per heavy atom. The van der Waals surface area contributed by atoms with Crippen LogP contribution in [0, 0.1) is 0 Å². The Labute approximate surface area is 117 Å². The molecule has 108 valence electrons. The maximum absolute atomic E-state index is 12.0. The minimum Gasteiger partial charge on any atom is -0.461 e. The average Bonchev–Trinajstić information content (AvgIpc) is 2.93. The van der Waals surface area contributed by atoms with Crippen molar-refractivity contribution in [3.8, 4) is 0 Å². The van der Waals surface area contributed by atoms with Crippen LogP contribution < -0.4 is 5.73 Å². The normalized spacial score (nSPS) is 10.8. The van der Waals surface area contributed by atoms with Crippen LogP contribution in [-0.4, -0.2) is 32.1 Å². The summed E-state index contributed by atoms with van der Waals surface area (Å²) in [5, 5.41) is 8.26. The van der Waals surface area contributed by atoms with Gasteiger partial charge in [0.1, 0.15) is 0 Å². The number of carbonyl (C=O) groups is 1. The van der Waals surface area contributed by atoms with E-state index in [0.717, 1.165) is 5.69 Å². The van der Waals surface area contributed by atoms with E-state index >= 15 is 0 Å². The number of hydrogen-bond acceptors (Lipinski definition) is 5. The van der Waals surface area contributed by atoms with E-state index in [1.165, 1.54) is 4.68 Å². The maximum atomic E-state index is 12.0. The van der Waals surface area contributed by atoms with Gasteiger partial charge in [-0.25, -0.2) is 4.79 Å². The topological polar surface area (TPSA) is 88.0 Å². The number of ether oxygens (including phenoxy) is 1. The molecule has 2 heterocycles. The summed E-state index contributed by atoms with van der Waals surface area (Å²) in [4.78, 5) is 12.0. The van der Waals surface area contributed by atoms with Gasteiger partial charge in [0.2, 0.25) is 0 Å². The molecular weight excluding hydrogens is 258 g/mol. The summed E-state index contributed by atoms with van der Waals surface area (Å²) < 4.78 is 8.48. The molecule has 0 aliphatic rings. The zero-order valence-corrected chi connectivity index (χ0v) is 12.0. The highest BCUT2D eigenvalue weighted by Gasteiger charge is 2.20. The average molecular weight is 277 g/mol. The molecule has 7 nitrogen and oxygen atoms in total. The number of aromatic nitrogens is 4. The fraction of sp³-hybridized carbons (Fsp3) is 0.462. The van der Waals surface area contributed by atoms with Crippen molar-refractivity contribution in [2.24, 2.45) is 14.1 Å². The van der Waals surface area contributed by atoms with E-state index < -0.39 is 5.97 Å². The molecule has 0 bridgehead atoms. The number of nitrogen functional groups attached to an aromatic ring is 1. The Balaban J connectivity index is 1.99. The number of nitrogens with zero attached hydrogens (tertiary/aromatic N) is 4. The first-order chi connectivity index (χ1) is 9.54. The van der Waals surface area contributed by atoms with Crippen molar-refractivity contribution in [3.63, 3.8) is 0 Å². The molecule has 0 fully saturated rings. The summed E-state index contributed by atoms with van der Waals surface area (Å²) in [6, 6.07) is 1.89. The number of rotatable bonds is 5. The molecule has 2 aromatic heterocycles. The molecule has 0 aliphatic heterocycles. The van der Waals surface area contributed by atoms with E-state index in [9.17, 15) is 4.79 Å². The molecule has 7 heteroatoms. The van der Waals surface area contributed by atoms with Crippen LogP contribution in [0.4, 0.5) is 5.69 Å². The largest absolute Gasteiger partial charge is 0.461 e. The van der Waals surface area contributed by atoms with Crippen molar-refractivity contribution in [1.29, 1.82) is 0 Å². The molecule has 2 aromatic rings. The highest BCUT2D eigenvalue weighted by molar-refractivity contribution is 5.93. The van der Waals surface area contributed by atoms with Gasteiger partial charge in [0, 0.05) is 32.4 Å². The van der Waals surface area contributed by atoms with Crippen molar-refractivity contribution in [2.75, 3.05) is 12.3 Å². The highest BCUT2D eigenvalue weighted by atomic mass is 16.5. The van der Waals surface area contributed by atoms with Crippen molar-refractivity contribution in [3.05, 3.63) is 29.3 Å². The molecule has 2 N–H and O–H groups in total. The van der Waals surface area contributed by atoms with E-state index in [4.69, 9.17) is 10.5 Å². The van der Waals surface area contributed by atoms with Gasteiger partial charge >= 0.3 is 5.97 Å². The molecule has 0 spiro atoms. The van der Waals surface area contributed by atoms with Crippen LogP contribution in [0.25, 0.3) is 0 Å². The zero-order valence-electron chi connectivity index (χ0n) is 12.0. The summed E-state index contributed by atoms with van der Waals surface area (Å²) in [6.07, 6.45) is 3.01. The van der Waals surface area contributed by atoms with Crippen LogP contribution >= 0.6 is 0 Å². The Kier molecular flexibility index (Phi) is 4.07. The van der Waals surface area contributed by atoms with Gasteiger partial charge in [0.15, 0.2) is 5.69 Å². The van der Waals surface area contributed by atoms with Crippen LogP contribution in [0.1, 0.15) is 28.8 Å². The van der Waals surface area contributed by atoms with E-state index in [1.807, 2.05) is 20.0 Å². The predicted molar refractivity (Wildman–Crippen MR) is 74.2 cm³/mol. The van der Waals surface area contributed by atoms with E-state index in [-0.39, 0.29) is 6.61 Å². The van der Waals surface area contributed by atoms with Crippen LogP contribution in [0.5, 0.6) is 0 Å². The van der Waals surface area contributed by atoms with E-state index in [2.05, 4.69) is 10.2 Å². The van der Waals surface area contributed by atoms with Gasteiger partial charge < -0.3 is 10.5 Å². The third-order valence-electron chi connectivity index (χ3n) is 3.20. The van der Waals surface area contributed by atoms with Crippen molar-refractivity contribution < 1.29 is 9.53 Å². The first-order valence-electron chi connectivity index (χ1n) is 6.50. The van der Waals surface area contributed by atoms with Crippen LogP contribution in [0.15, 0.2) is 12.3 Å². The number of carbonyl (C=O) groups excluding carboxylic acids is 1. The van der Waals surface area contributed by atoms with Crippen LogP contribution in [-0.2, 0) is 31.7 Å². The fourth-order valence-corrected chi connectivity index (χ4v) is 2.06. The molecule has 0 radical (unpaired) electrons. The fourth-order valence-electron chi connectivity index (χ4n) is 2.06. The van der Waals surface area contributed by atoms with Crippen molar-refractivity contribution in [2.45, 2.75) is 19.8 Å². The van der Waals surface area contributed by atoms with Gasteiger partial charge in [0.05, 0.1) is 18.0 Å². The smallest absolute Gasteiger partial charge is 0.358 e. The third kappa shape index (κ3) is 2.66. The van der Waals surface area contributed by atoms with Gasteiger partial charge in [-0.15, -0.1) is 0 Å². The van der Waals surface area contributed by atoms with Gasteiger partial charge in [-0.05, 0) is 12.5 Å². The summed E-state index contributed by atoms with van der Waals surface area (Å²) in [6.45, 7) is 2.22. The summed E-state index contributed by atoms with van der Waals surface area (Å²) >= 11 is 0. The number of esters is 1. The predicted octanol–water partition coefficient (Wildman–Crippen LogP) is 0.698. The van der Waals surface area contributed by atoms with Crippen LogP contribution in [0.3, 0.4) is 0 Å². The molecule has 0 unspecified atom stereocenters. The van der Waals surface area contributed by atoms with Gasteiger partial charge in [-0.3, -0.25) is 9.36 Å². The van der Waals surface area contributed by atoms with Crippen LogP contribution in [0.2, 0.25) is 0 Å². The maximum Gasteiger partial charge on any atom is 0.358 e. The molecule has 20 heavy (non-hydrogen) atoms. The highest BCUT2D eigenvalue weighted by Crippen LogP contribution is 2.17. The second-order valence-corrected chi connectivity index (χ2v) is 4.52. The molecule has 0 amide bonds. The second-order valence-electron chi connectivity index (χ2n) is 4.52. The lowest BCUT2D eigenvalue weighted by Gasteiger charge is -2.06. The van der Waals surface area contributed by atoms with E-state index in [0.29, 0.717) is 29.9 Å². The molecule has 0 saturated carbocycles. The molecule has 0 aromatic carbocycles. The molecule has 0 saturated heterocycles. The lowest BCUT2D eigenvalue weighted by Crippen LogP contribution is -2.15. The van der Waals surface area contributed by atoms with Gasteiger partial charge in [0.25, 0.3) is 0 Å². The minimum atomic E-state index is -0.445. The first-order valence-corrected chi connectivity index (χ1v) is 6.50. The monoisotopic (exact) mass is 277 g/mol. The summed E-state index contributed by atoms with van der Waals surface area (Å²) in [7, 11) is 3.54. The lowest BCUT2D eigenvalue weighted by atomic mass is 10.2. The number of anilines is 1. The van der Waals surface area contributed by atoms with Gasteiger partial charge in [-0.2, -0.15) is 10.2 Å². The number of nitrogens with two attached hydrogens (primary N) is 1. The van der Waals surface area contributed by atoms with Gasteiger partial charge in [-0.1, -0.05) is 6.92 Å². The summed E-state index contributed by atoms with van der Waals surface area (Å²) in [5.41, 5.74) is 8.34. The SMILES string of the molecule is CCc1nn(C)c(C(=O)OCCc2ccnn2C)c1N. The standard InChI is InChI=1S/C13H19N5O2/c1-4-10-11(14)12(18(3)16-10)13(19)20-8-6-9-5-7-15-17(9)2/h5,7H,4,6,8,14H2,1-3H3. The van der Waals surface area contributed by atoms with Crippen molar-refractivity contribution in [1.82, 2.24) is 19.6 Å². The Morgan fingerprint density at radius 2 is 2.15 bits per heavy atom. The summed E-state index contributed by atoms with van der Waals surface area (Å²) in [5.74, 6) is -0.445. The quantitative estimate of drug-likeness (QED) is 0.813. The third-order valence-corrected chi connectivity index (χ3v) is 3.20. The number of hydrogen-bond donors (Lipinski definition) is 1. The zero-order chi connectivity index (χ0) is 14.7. The Hall–Kier alpha value is -2.31. The second kappa shape index (κ2) is 5.77. The molecular formula is C13H19N5O2.